The van der Waals surface area contributed by atoms with Gasteiger partial charge in [0.25, 0.3) is 0 Å². The Balaban J connectivity index is 1.14. The summed E-state index contributed by atoms with van der Waals surface area (Å²) < 4.78 is 7.30. The smallest absolute Gasteiger partial charge is 0.0992 e. The fraction of sp³-hybridized carbons (Fsp3) is 0.480. The number of hydrogen-bond acceptors (Lipinski definition) is 4. The summed E-state index contributed by atoms with van der Waals surface area (Å²) in [6.07, 6.45) is 4.76. The molecule has 0 aromatic heterocycles. The number of ether oxygens (including phenoxy) is 1. The van der Waals surface area contributed by atoms with E-state index in [9.17, 15) is 0 Å². The molecule has 0 amide bonds. The maximum atomic E-state index is 9.10. The van der Waals surface area contributed by atoms with E-state index >= 15 is 0 Å². The standard InChI is InChI=1S/C25H30BrN3O/c26-23-4-6-24(7-5-23)28-12-8-20(9-13-28)18-30-19-21-10-14-29(15-11-21)25-3-1-2-22(16-25)17-27/h1-7,16,20-21H,8-15,18-19H2. The molecule has 2 aromatic carbocycles. The molecule has 2 heterocycles. The summed E-state index contributed by atoms with van der Waals surface area (Å²) in [6, 6.07) is 18.8. The summed E-state index contributed by atoms with van der Waals surface area (Å²) in [6.45, 7) is 6.13. The Hall–Kier alpha value is -2.03. The molecular weight excluding hydrogens is 438 g/mol. The van der Waals surface area contributed by atoms with Gasteiger partial charge in [0, 0.05) is 55.2 Å². The van der Waals surface area contributed by atoms with Gasteiger partial charge in [-0.25, -0.2) is 0 Å². The Kier molecular flexibility index (Phi) is 7.30. The van der Waals surface area contributed by atoms with Crippen LogP contribution in [0, 0.1) is 23.2 Å². The topological polar surface area (TPSA) is 39.5 Å². The van der Waals surface area contributed by atoms with Crippen molar-refractivity contribution in [1.82, 2.24) is 0 Å². The molecule has 2 aliphatic heterocycles. The van der Waals surface area contributed by atoms with Crippen LogP contribution in [-0.2, 0) is 4.74 Å². The van der Waals surface area contributed by atoms with E-state index in [0.717, 1.165) is 49.4 Å². The molecule has 0 saturated carbocycles. The third kappa shape index (κ3) is 5.56. The monoisotopic (exact) mass is 467 g/mol. The maximum Gasteiger partial charge on any atom is 0.0992 e. The maximum absolute atomic E-state index is 9.10. The van der Waals surface area contributed by atoms with E-state index < -0.39 is 0 Å². The number of anilines is 2. The number of benzene rings is 2. The molecule has 2 fully saturated rings. The Morgan fingerprint density at radius 3 is 1.97 bits per heavy atom. The zero-order valence-electron chi connectivity index (χ0n) is 17.5. The molecule has 0 unspecified atom stereocenters. The minimum atomic E-state index is 0.656. The van der Waals surface area contributed by atoms with Crippen LogP contribution in [-0.4, -0.2) is 39.4 Å². The Bertz CT molecular complexity index is 847. The van der Waals surface area contributed by atoms with Crippen LogP contribution in [0.25, 0.3) is 0 Å². The number of nitrogens with zero attached hydrogens (tertiary/aromatic N) is 3. The first-order chi connectivity index (χ1) is 14.7. The lowest BCUT2D eigenvalue weighted by atomic mass is 9.96. The quantitative estimate of drug-likeness (QED) is 0.564. The van der Waals surface area contributed by atoms with Gasteiger partial charge in [0.2, 0.25) is 0 Å². The van der Waals surface area contributed by atoms with Crippen LogP contribution >= 0.6 is 15.9 Å². The molecule has 2 saturated heterocycles. The fourth-order valence-electron chi connectivity index (χ4n) is 4.54. The number of piperidine rings is 2. The third-order valence-corrected chi connectivity index (χ3v) is 7.00. The van der Waals surface area contributed by atoms with Crippen molar-refractivity contribution in [3.63, 3.8) is 0 Å². The Labute approximate surface area is 188 Å². The summed E-state index contributed by atoms with van der Waals surface area (Å²) in [5, 5.41) is 9.10. The van der Waals surface area contributed by atoms with E-state index in [-0.39, 0.29) is 0 Å². The van der Waals surface area contributed by atoms with Crippen LogP contribution in [0.15, 0.2) is 53.0 Å². The number of hydrogen-bond donors (Lipinski definition) is 0. The van der Waals surface area contributed by atoms with Crippen molar-refractivity contribution in [2.45, 2.75) is 25.7 Å². The summed E-state index contributed by atoms with van der Waals surface area (Å²) >= 11 is 3.51. The van der Waals surface area contributed by atoms with Crippen LogP contribution in [0.2, 0.25) is 0 Å². The predicted octanol–water partition coefficient (Wildman–Crippen LogP) is 5.47. The second-order valence-corrected chi connectivity index (χ2v) is 9.45. The molecule has 0 radical (unpaired) electrons. The largest absolute Gasteiger partial charge is 0.381 e. The third-order valence-electron chi connectivity index (χ3n) is 6.47. The van der Waals surface area contributed by atoms with Gasteiger partial charge in [-0.3, -0.25) is 0 Å². The molecule has 5 heteroatoms. The van der Waals surface area contributed by atoms with Gasteiger partial charge >= 0.3 is 0 Å². The van der Waals surface area contributed by atoms with E-state index in [0.29, 0.717) is 11.8 Å². The zero-order valence-corrected chi connectivity index (χ0v) is 19.1. The lowest BCUT2D eigenvalue weighted by Crippen LogP contribution is -2.36. The summed E-state index contributed by atoms with van der Waals surface area (Å²) in [5.41, 5.74) is 3.24. The average molecular weight is 468 g/mol. The van der Waals surface area contributed by atoms with Gasteiger partial charge in [-0.2, -0.15) is 5.26 Å². The minimum absolute atomic E-state index is 0.656. The molecule has 30 heavy (non-hydrogen) atoms. The predicted molar refractivity (Wildman–Crippen MR) is 126 cm³/mol. The molecule has 158 valence electrons. The lowest BCUT2D eigenvalue weighted by Gasteiger charge is -2.35. The van der Waals surface area contributed by atoms with Gasteiger partial charge in [0.05, 0.1) is 11.6 Å². The van der Waals surface area contributed by atoms with E-state index in [1.807, 2.05) is 18.2 Å². The van der Waals surface area contributed by atoms with Gasteiger partial charge in [-0.15, -0.1) is 0 Å². The first-order valence-electron chi connectivity index (χ1n) is 11.0. The Morgan fingerprint density at radius 2 is 1.40 bits per heavy atom. The van der Waals surface area contributed by atoms with Crippen LogP contribution in [0.4, 0.5) is 11.4 Å². The van der Waals surface area contributed by atoms with Crippen LogP contribution in [0.5, 0.6) is 0 Å². The molecule has 2 aromatic rings. The van der Waals surface area contributed by atoms with Crippen LogP contribution in [0.3, 0.4) is 0 Å². The summed E-state index contributed by atoms with van der Waals surface area (Å²) in [5.74, 6) is 1.34. The van der Waals surface area contributed by atoms with E-state index in [1.54, 1.807) is 0 Å². The van der Waals surface area contributed by atoms with Crippen molar-refractivity contribution in [1.29, 1.82) is 5.26 Å². The highest BCUT2D eigenvalue weighted by molar-refractivity contribution is 9.10. The second-order valence-electron chi connectivity index (χ2n) is 8.54. The first-order valence-corrected chi connectivity index (χ1v) is 11.8. The zero-order chi connectivity index (χ0) is 20.8. The number of rotatable bonds is 6. The van der Waals surface area contributed by atoms with Gasteiger partial charge in [-0.05, 0) is 80.0 Å². The van der Waals surface area contributed by atoms with Crippen molar-refractivity contribution in [3.05, 3.63) is 58.6 Å². The highest BCUT2D eigenvalue weighted by Crippen LogP contribution is 2.27. The molecule has 0 spiro atoms. The molecular formula is C25H30BrN3O. The molecule has 4 nitrogen and oxygen atoms in total. The highest BCUT2D eigenvalue weighted by Gasteiger charge is 2.22. The van der Waals surface area contributed by atoms with Gasteiger partial charge < -0.3 is 14.5 Å². The second kappa shape index (κ2) is 10.3. The molecule has 0 bridgehead atoms. The average Bonchev–Trinajstić information content (AvgIpc) is 2.81. The van der Waals surface area contributed by atoms with Crippen molar-refractivity contribution >= 4 is 27.3 Å². The SMILES string of the molecule is N#Cc1cccc(N2CCC(COCC3CCN(c4ccc(Br)cc4)CC3)CC2)c1. The van der Waals surface area contributed by atoms with Crippen molar-refractivity contribution in [3.8, 4) is 6.07 Å². The first kappa shape index (κ1) is 21.2. The van der Waals surface area contributed by atoms with Crippen LogP contribution in [0.1, 0.15) is 31.2 Å². The van der Waals surface area contributed by atoms with E-state index in [4.69, 9.17) is 10.00 Å². The summed E-state index contributed by atoms with van der Waals surface area (Å²) in [7, 11) is 0. The highest BCUT2D eigenvalue weighted by atomic mass is 79.9. The normalized spacial score (nSPS) is 18.4. The lowest BCUT2D eigenvalue weighted by molar-refractivity contribution is 0.0579. The van der Waals surface area contributed by atoms with Crippen molar-refractivity contribution < 1.29 is 4.74 Å². The van der Waals surface area contributed by atoms with Gasteiger partial charge in [0.15, 0.2) is 0 Å². The number of halogens is 1. The fourth-order valence-corrected chi connectivity index (χ4v) is 4.81. The molecule has 0 aliphatic carbocycles. The summed E-state index contributed by atoms with van der Waals surface area (Å²) in [4.78, 5) is 4.88. The van der Waals surface area contributed by atoms with Gasteiger partial charge in [0.1, 0.15) is 0 Å². The van der Waals surface area contributed by atoms with Crippen molar-refractivity contribution in [2.75, 3.05) is 49.2 Å². The molecule has 2 aliphatic rings. The van der Waals surface area contributed by atoms with Crippen LogP contribution < -0.4 is 9.80 Å². The number of nitriles is 1. The molecule has 0 N–H and O–H groups in total. The van der Waals surface area contributed by atoms with E-state index in [2.05, 4.69) is 62.1 Å². The molecule has 4 rings (SSSR count). The van der Waals surface area contributed by atoms with E-state index in [1.165, 1.54) is 37.1 Å². The van der Waals surface area contributed by atoms with Crippen molar-refractivity contribution in [2.24, 2.45) is 11.8 Å². The minimum Gasteiger partial charge on any atom is -0.381 e. The van der Waals surface area contributed by atoms with Gasteiger partial charge in [-0.1, -0.05) is 22.0 Å². The Morgan fingerprint density at radius 1 is 0.833 bits per heavy atom. The molecule has 0 atom stereocenters.